The Morgan fingerprint density at radius 3 is 2.40 bits per heavy atom. The molecule has 1 aliphatic carbocycles. The quantitative estimate of drug-likeness (QED) is 0.166. The van der Waals surface area contributed by atoms with E-state index < -0.39 is 6.10 Å². The summed E-state index contributed by atoms with van der Waals surface area (Å²) in [5, 5.41) is 14.9. The summed E-state index contributed by atoms with van der Waals surface area (Å²) in [6.45, 7) is 4.43. The van der Waals surface area contributed by atoms with Crippen LogP contribution in [0.2, 0.25) is 0 Å². The molecule has 0 unspecified atom stereocenters. The minimum absolute atomic E-state index is 0.0109. The second-order valence-electron chi connectivity index (χ2n) is 12.5. The highest BCUT2D eigenvalue weighted by Crippen LogP contribution is 2.28. The van der Waals surface area contributed by atoms with Crippen LogP contribution < -0.4 is 14.8 Å². The SMILES string of the molecule is O=C(COc1ccc2c(c1)C[C@@H](NC[C@@H](O)c1ccc(OCc3ccccc3)c(CCOCc3ccccc3)c1)CC2)N1CCOCC1. The van der Waals surface area contributed by atoms with Crippen LogP contribution in [0, 0.1) is 0 Å². The number of morpholine rings is 1. The summed E-state index contributed by atoms with van der Waals surface area (Å²) in [5.41, 5.74) is 6.65. The lowest BCUT2D eigenvalue weighted by Crippen LogP contribution is -2.43. The van der Waals surface area contributed by atoms with Crippen LogP contribution in [0.1, 0.15) is 45.9 Å². The summed E-state index contributed by atoms with van der Waals surface area (Å²) in [5.74, 6) is 1.51. The van der Waals surface area contributed by atoms with Crippen LogP contribution in [0.4, 0.5) is 0 Å². The van der Waals surface area contributed by atoms with Gasteiger partial charge in [-0.2, -0.15) is 0 Å². The number of benzene rings is 4. The number of rotatable bonds is 15. The number of hydrogen-bond acceptors (Lipinski definition) is 7. The molecule has 1 heterocycles. The molecule has 8 nitrogen and oxygen atoms in total. The van der Waals surface area contributed by atoms with Crippen LogP contribution in [-0.4, -0.2) is 68.0 Å². The molecule has 48 heavy (non-hydrogen) atoms. The van der Waals surface area contributed by atoms with Gasteiger partial charge in [0.15, 0.2) is 6.61 Å². The Kier molecular flexibility index (Phi) is 12.1. The fourth-order valence-electron chi connectivity index (χ4n) is 6.27. The van der Waals surface area contributed by atoms with Crippen molar-refractivity contribution in [1.82, 2.24) is 10.2 Å². The average Bonchev–Trinajstić information content (AvgIpc) is 3.15. The van der Waals surface area contributed by atoms with Gasteiger partial charge in [0.25, 0.3) is 5.91 Å². The Hall–Kier alpha value is -4.21. The summed E-state index contributed by atoms with van der Waals surface area (Å²) in [6.07, 6.45) is 2.79. The maximum atomic E-state index is 12.5. The number of carbonyl (C=O) groups is 1. The van der Waals surface area contributed by atoms with Gasteiger partial charge in [0.05, 0.1) is 32.5 Å². The average molecular weight is 651 g/mol. The van der Waals surface area contributed by atoms with Crippen molar-refractivity contribution < 1.29 is 28.8 Å². The number of carbonyl (C=O) groups excluding carboxylic acids is 1. The number of aryl methyl sites for hydroxylation is 1. The number of aliphatic hydroxyl groups excluding tert-OH is 1. The molecule has 1 aliphatic heterocycles. The summed E-state index contributed by atoms with van der Waals surface area (Å²) in [4.78, 5) is 14.3. The Morgan fingerprint density at radius 1 is 0.875 bits per heavy atom. The maximum absolute atomic E-state index is 12.5. The second kappa shape index (κ2) is 17.3. The topological polar surface area (TPSA) is 89.5 Å². The van der Waals surface area contributed by atoms with E-state index in [1.165, 1.54) is 11.1 Å². The summed E-state index contributed by atoms with van der Waals surface area (Å²) in [7, 11) is 0. The molecule has 0 bridgehead atoms. The smallest absolute Gasteiger partial charge is 0.260 e. The zero-order valence-corrected chi connectivity index (χ0v) is 27.5. The molecule has 8 heteroatoms. The van der Waals surface area contributed by atoms with Crippen molar-refractivity contribution in [2.45, 2.75) is 51.0 Å². The molecule has 2 aliphatic rings. The largest absolute Gasteiger partial charge is 0.489 e. The molecule has 1 amide bonds. The highest BCUT2D eigenvalue weighted by molar-refractivity contribution is 5.77. The van der Waals surface area contributed by atoms with E-state index in [0.717, 1.165) is 47.3 Å². The van der Waals surface area contributed by atoms with Crippen molar-refractivity contribution in [3.05, 3.63) is 130 Å². The number of ether oxygens (including phenoxy) is 4. The Labute approximate surface area is 283 Å². The van der Waals surface area contributed by atoms with E-state index in [4.69, 9.17) is 18.9 Å². The lowest BCUT2D eigenvalue weighted by atomic mass is 9.88. The molecule has 6 rings (SSSR count). The minimum Gasteiger partial charge on any atom is -0.489 e. The first-order valence-electron chi connectivity index (χ1n) is 17.0. The van der Waals surface area contributed by atoms with Crippen molar-refractivity contribution in [3.8, 4) is 11.5 Å². The van der Waals surface area contributed by atoms with Crippen molar-refractivity contribution >= 4 is 5.91 Å². The fraction of sp³-hybridized carbons (Fsp3) is 0.375. The van der Waals surface area contributed by atoms with Gasteiger partial charge in [0, 0.05) is 25.7 Å². The molecule has 2 atom stereocenters. The first-order valence-corrected chi connectivity index (χ1v) is 17.0. The van der Waals surface area contributed by atoms with Gasteiger partial charge >= 0.3 is 0 Å². The molecule has 0 radical (unpaired) electrons. The molecular formula is C40H46N2O6. The number of amides is 1. The van der Waals surface area contributed by atoms with Gasteiger partial charge in [-0.3, -0.25) is 4.79 Å². The number of aliphatic hydroxyl groups is 1. The van der Waals surface area contributed by atoms with Crippen LogP contribution in [0.3, 0.4) is 0 Å². The predicted molar refractivity (Wildman–Crippen MR) is 185 cm³/mol. The number of nitrogens with one attached hydrogen (secondary N) is 1. The third-order valence-electron chi connectivity index (χ3n) is 9.07. The molecule has 0 spiro atoms. The van der Waals surface area contributed by atoms with Crippen molar-refractivity contribution in [2.75, 3.05) is 46.1 Å². The van der Waals surface area contributed by atoms with Crippen LogP contribution in [0.5, 0.6) is 11.5 Å². The number of fused-ring (bicyclic) bond motifs is 1. The first-order chi connectivity index (χ1) is 23.6. The fourth-order valence-corrected chi connectivity index (χ4v) is 6.27. The van der Waals surface area contributed by atoms with Crippen LogP contribution >= 0.6 is 0 Å². The molecule has 0 aromatic heterocycles. The highest BCUT2D eigenvalue weighted by Gasteiger charge is 2.22. The number of nitrogens with zero attached hydrogens (tertiary/aromatic N) is 1. The summed E-state index contributed by atoms with van der Waals surface area (Å²) in [6, 6.07) is 32.6. The van der Waals surface area contributed by atoms with E-state index in [9.17, 15) is 9.90 Å². The third kappa shape index (κ3) is 9.67. The van der Waals surface area contributed by atoms with E-state index >= 15 is 0 Å². The zero-order valence-electron chi connectivity index (χ0n) is 27.5. The van der Waals surface area contributed by atoms with Crippen molar-refractivity contribution in [1.29, 1.82) is 0 Å². The molecule has 2 N–H and O–H groups in total. The van der Waals surface area contributed by atoms with Crippen molar-refractivity contribution in [2.24, 2.45) is 0 Å². The molecule has 0 saturated carbocycles. The Morgan fingerprint density at radius 2 is 1.62 bits per heavy atom. The lowest BCUT2D eigenvalue weighted by Gasteiger charge is -2.28. The second-order valence-corrected chi connectivity index (χ2v) is 12.5. The Balaban J connectivity index is 1.03. The van der Waals surface area contributed by atoms with Crippen LogP contribution in [0.25, 0.3) is 0 Å². The van der Waals surface area contributed by atoms with E-state index in [2.05, 4.69) is 47.8 Å². The monoisotopic (exact) mass is 650 g/mol. The van der Waals surface area contributed by atoms with Gasteiger partial charge in [-0.1, -0.05) is 72.8 Å². The van der Waals surface area contributed by atoms with Gasteiger partial charge in [-0.15, -0.1) is 0 Å². The van der Waals surface area contributed by atoms with Gasteiger partial charge in [0.2, 0.25) is 0 Å². The molecule has 252 valence electrons. The van der Waals surface area contributed by atoms with E-state index in [-0.39, 0.29) is 18.6 Å². The third-order valence-corrected chi connectivity index (χ3v) is 9.07. The molecule has 4 aromatic rings. The van der Waals surface area contributed by atoms with Crippen molar-refractivity contribution in [3.63, 3.8) is 0 Å². The van der Waals surface area contributed by atoms with Gasteiger partial charge in [-0.05, 0) is 83.3 Å². The van der Waals surface area contributed by atoms with E-state index in [1.807, 2.05) is 54.6 Å². The lowest BCUT2D eigenvalue weighted by molar-refractivity contribution is -0.137. The molecule has 4 aromatic carbocycles. The first kappa shape index (κ1) is 33.7. The maximum Gasteiger partial charge on any atom is 0.260 e. The van der Waals surface area contributed by atoms with Gasteiger partial charge in [-0.25, -0.2) is 0 Å². The van der Waals surface area contributed by atoms with E-state index in [0.29, 0.717) is 64.8 Å². The Bertz CT molecular complexity index is 1590. The highest BCUT2D eigenvalue weighted by atomic mass is 16.5. The number of hydrogen-bond donors (Lipinski definition) is 2. The van der Waals surface area contributed by atoms with Gasteiger partial charge in [0.1, 0.15) is 18.1 Å². The predicted octanol–water partition coefficient (Wildman–Crippen LogP) is 5.44. The normalized spacial score (nSPS) is 16.6. The van der Waals surface area contributed by atoms with Crippen LogP contribution in [-0.2, 0) is 46.7 Å². The molecule has 1 fully saturated rings. The zero-order chi connectivity index (χ0) is 33.0. The molecule has 1 saturated heterocycles. The standard InChI is InChI=1S/C40H46N2O6/c43-38(26-41-36-14-11-32-12-15-37(25-35(32)24-36)47-29-40(44)42-18-21-45-22-19-42)33-13-16-39(48-28-31-9-5-2-6-10-31)34(23-33)17-20-46-27-30-7-3-1-4-8-30/h1-10,12-13,15-16,23,25,36,38,41,43H,11,14,17-22,24,26-29H2/t36-,38+/m0/s1. The minimum atomic E-state index is -0.667. The van der Waals surface area contributed by atoms with Gasteiger partial charge < -0.3 is 34.3 Å². The summed E-state index contributed by atoms with van der Waals surface area (Å²) >= 11 is 0. The van der Waals surface area contributed by atoms with Crippen LogP contribution in [0.15, 0.2) is 97.1 Å². The molecular weight excluding hydrogens is 604 g/mol. The van der Waals surface area contributed by atoms with E-state index in [1.54, 1.807) is 4.90 Å². The summed E-state index contributed by atoms with van der Waals surface area (Å²) < 4.78 is 23.5.